The maximum absolute atomic E-state index is 11.7. The van der Waals surface area contributed by atoms with Gasteiger partial charge in [-0.1, -0.05) is 30.3 Å². The normalized spacial score (nSPS) is 11.5. The van der Waals surface area contributed by atoms with Gasteiger partial charge in [0.05, 0.1) is 5.69 Å². The number of nitrogens with one attached hydrogen (secondary N) is 1. The first-order chi connectivity index (χ1) is 11.1. The quantitative estimate of drug-likeness (QED) is 0.807. The second-order valence-electron chi connectivity index (χ2n) is 4.83. The van der Waals surface area contributed by atoms with Crippen molar-refractivity contribution in [3.05, 3.63) is 60.2 Å². The molecule has 1 aromatic heterocycles. The number of hydrogen-bond acceptors (Lipinski definition) is 5. The van der Waals surface area contributed by atoms with Crippen LogP contribution >= 0.6 is 0 Å². The lowest BCUT2D eigenvalue weighted by atomic mass is 10.1. The van der Waals surface area contributed by atoms with Gasteiger partial charge in [-0.3, -0.25) is 9.97 Å². The van der Waals surface area contributed by atoms with Crippen LogP contribution in [0.3, 0.4) is 0 Å². The molecule has 0 fully saturated rings. The lowest BCUT2D eigenvalue weighted by Crippen LogP contribution is -2.41. The van der Waals surface area contributed by atoms with Gasteiger partial charge >= 0.3 is 12.1 Å². The number of ether oxygens (including phenoxy) is 1. The molecule has 1 heterocycles. The number of aromatic nitrogens is 2. The Balaban J connectivity index is 1.81. The molecule has 1 aromatic carbocycles. The number of nitrogens with zero attached hydrogens (tertiary/aromatic N) is 2. The molecule has 1 unspecified atom stereocenters. The van der Waals surface area contributed by atoms with Crippen molar-refractivity contribution in [3.8, 4) is 0 Å². The fourth-order valence-electron chi connectivity index (χ4n) is 1.92. The number of aliphatic carboxylic acids is 1. The zero-order valence-electron chi connectivity index (χ0n) is 12.4. The molecule has 23 heavy (non-hydrogen) atoms. The number of carboxylic acid groups (broad SMARTS) is 1. The van der Waals surface area contributed by atoms with E-state index in [4.69, 9.17) is 4.74 Å². The number of rotatable bonds is 7. The van der Waals surface area contributed by atoms with Crippen molar-refractivity contribution in [2.45, 2.75) is 25.5 Å². The molecule has 0 bridgehead atoms. The summed E-state index contributed by atoms with van der Waals surface area (Å²) in [5.41, 5.74) is 1.49. The average Bonchev–Trinajstić information content (AvgIpc) is 2.58. The smallest absolute Gasteiger partial charge is 0.408 e. The van der Waals surface area contributed by atoms with Crippen LogP contribution in [0.25, 0.3) is 0 Å². The summed E-state index contributed by atoms with van der Waals surface area (Å²) < 4.78 is 5.02. The molecule has 1 amide bonds. The van der Waals surface area contributed by atoms with E-state index in [1.807, 2.05) is 30.3 Å². The van der Waals surface area contributed by atoms with E-state index in [1.165, 1.54) is 12.4 Å². The van der Waals surface area contributed by atoms with Crippen LogP contribution in [0.2, 0.25) is 0 Å². The zero-order valence-corrected chi connectivity index (χ0v) is 12.4. The first-order valence-electron chi connectivity index (χ1n) is 7.10. The molecule has 0 radical (unpaired) electrons. The summed E-state index contributed by atoms with van der Waals surface area (Å²) in [6.07, 6.45) is 4.47. The van der Waals surface area contributed by atoms with Crippen LogP contribution in [0, 0.1) is 0 Å². The Hall–Kier alpha value is -2.96. The monoisotopic (exact) mass is 315 g/mol. The second kappa shape index (κ2) is 8.47. The number of carbonyl (C=O) groups is 2. The number of benzene rings is 1. The van der Waals surface area contributed by atoms with Crippen molar-refractivity contribution in [1.82, 2.24) is 15.3 Å². The van der Waals surface area contributed by atoms with E-state index in [0.29, 0.717) is 12.1 Å². The highest BCUT2D eigenvalue weighted by atomic mass is 16.5. The first-order valence-corrected chi connectivity index (χ1v) is 7.10. The Morgan fingerprint density at radius 3 is 2.65 bits per heavy atom. The summed E-state index contributed by atoms with van der Waals surface area (Å²) in [4.78, 5) is 30.9. The molecule has 0 spiro atoms. The number of carbonyl (C=O) groups excluding carboxylic acids is 1. The number of carboxylic acids is 1. The molecule has 2 rings (SSSR count). The minimum absolute atomic E-state index is 0.0865. The van der Waals surface area contributed by atoms with Crippen LogP contribution in [0.1, 0.15) is 17.7 Å². The zero-order chi connectivity index (χ0) is 16.5. The Labute approximate surface area is 133 Å². The van der Waals surface area contributed by atoms with Crippen molar-refractivity contribution in [3.63, 3.8) is 0 Å². The van der Waals surface area contributed by atoms with E-state index < -0.39 is 18.1 Å². The molecule has 0 saturated carbocycles. The predicted molar refractivity (Wildman–Crippen MR) is 81.5 cm³/mol. The maximum atomic E-state index is 11.7. The molecule has 120 valence electrons. The van der Waals surface area contributed by atoms with Gasteiger partial charge in [0.15, 0.2) is 0 Å². The summed E-state index contributed by atoms with van der Waals surface area (Å²) >= 11 is 0. The number of hydrogen-bond donors (Lipinski definition) is 2. The van der Waals surface area contributed by atoms with E-state index >= 15 is 0 Å². The molecule has 2 aromatic rings. The summed E-state index contributed by atoms with van der Waals surface area (Å²) in [6.45, 7) is 0.0865. The second-order valence-corrected chi connectivity index (χ2v) is 4.83. The van der Waals surface area contributed by atoms with Gasteiger partial charge in [-0.2, -0.15) is 0 Å². The van der Waals surface area contributed by atoms with Crippen molar-refractivity contribution >= 4 is 12.1 Å². The number of alkyl carbamates (subject to hydrolysis) is 1. The van der Waals surface area contributed by atoms with Crippen LogP contribution in [0.5, 0.6) is 0 Å². The van der Waals surface area contributed by atoms with Gasteiger partial charge in [-0.15, -0.1) is 0 Å². The van der Waals surface area contributed by atoms with E-state index in [2.05, 4.69) is 15.3 Å². The SMILES string of the molecule is O=C(NC(CCc1cnccn1)C(=O)O)OCc1ccccc1. The highest BCUT2D eigenvalue weighted by Crippen LogP contribution is 2.04. The van der Waals surface area contributed by atoms with Gasteiger partial charge in [0, 0.05) is 18.6 Å². The predicted octanol–water partition coefficient (Wildman–Crippen LogP) is 1.79. The van der Waals surface area contributed by atoms with E-state index in [-0.39, 0.29) is 13.0 Å². The minimum atomic E-state index is -1.12. The summed E-state index contributed by atoms with van der Waals surface area (Å²) in [5, 5.41) is 11.5. The summed E-state index contributed by atoms with van der Waals surface area (Å²) in [6, 6.07) is 8.11. The van der Waals surface area contributed by atoms with E-state index in [1.54, 1.807) is 6.20 Å². The molecule has 0 aliphatic heterocycles. The average molecular weight is 315 g/mol. The summed E-state index contributed by atoms with van der Waals surface area (Å²) in [5.74, 6) is -1.12. The first kappa shape index (κ1) is 16.4. The molecule has 7 heteroatoms. The Bertz CT molecular complexity index is 634. The third-order valence-corrected chi connectivity index (χ3v) is 3.11. The van der Waals surface area contributed by atoms with Gasteiger partial charge in [-0.25, -0.2) is 9.59 Å². The Morgan fingerprint density at radius 2 is 2.00 bits per heavy atom. The fourth-order valence-corrected chi connectivity index (χ4v) is 1.92. The van der Waals surface area contributed by atoms with Gasteiger partial charge in [0.25, 0.3) is 0 Å². The van der Waals surface area contributed by atoms with Crippen molar-refractivity contribution in [1.29, 1.82) is 0 Å². The van der Waals surface area contributed by atoms with Crippen LogP contribution < -0.4 is 5.32 Å². The Kier molecular flexibility index (Phi) is 6.05. The molecule has 0 saturated heterocycles. The largest absolute Gasteiger partial charge is 0.480 e. The van der Waals surface area contributed by atoms with Crippen LogP contribution in [0.4, 0.5) is 4.79 Å². The molecule has 0 aliphatic carbocycles. The lowest BCUT2D eigenvalue weighted by Gasteiger charge is -2.14. The minimum Gasteiger partial charge on any atom is -0.480 e. The van der Waals surface area contributed by atoms with Gasteiger partial charge in [-0.05, 0) is 18.4 Å². The van der Waals surface area contributed by atoms with Crippen molar-refractivity contribution < 1.29 is 19.4 Å². The van der Waals surface area contributed by atoms with E-state index in [9.17, 15) is 14.7 Å². The molecular formula is C16H17N3O4. The Morgan fingerprint density at radius 1 is 1.22 bits per heavy atom. The maximum Gasteiger partial charge on any atom is 0.408 e. The summed E-state index contributed by atoms with van der Waals surface area (Å²) in [7, 11) is 0. The van der Waals surface area contributed by atoms with Crippen LogP contribution in [-0.2, 0) is 22.6 Å². The third-order valence-electron chi connectivity index (χ3n) is 3.11. The standard InChI is InChI=1S/C16H17N3O4/c20-15(21)14(7-6-13-10-17-8-9-18-13)19-16(22)23-11-12-4-2-1-3-5-12/h1-5,8-10,14H,6-7,11H2,(H,19,22)(H,20,21). The topological polar surface area (TPSA) is 101 Å². The molecule has 0 aliphatic rings. The van der Waals surface area contributed by atoms with Gasteiger partial charge in [0.2, 0.25) is 0 Å². The fraction of sp³-hybridized carbons (Fsp3) is 0.250. The van der Waals surface area contributed by atoms with Crippen LogP contribution in [0.15, 0.2) is 48.9 Å². The third kappa shape index (κ3) is 5.74. The van der Waals surface area contributed by atoms with Crippen molar-refractivity contribution in [2.24, 2.45) is 0 Å². The highest BCUT2D eigenvalue weighted by molar-refractivity contribution is 5.79. The number of aryl methyl sites for hydroxylation is 1. The molecule has 7 nitrogen and oxygen atoms in total. The van der Waals surface area contributed by atoms with Crippen molar-refractivity contribution in [2.75, 3.05) is 0 Å². The van der Waals surface area contributed by atoms with Gasteiger partial charge < -0.3 is 15.2 Å². The lowest BCUT2D eigenvalue weighted by molar-refractivity contribution is -0.139. The van der Waals surface area contributed by atoms with Crippen LogP contribution in [-0.4, -0.2) is 33.2 Å². The van der Waals surface area contributed by atoms with E-state index in [0.717, 1.165) is 5.56 Å². The number of amides is 1. The molecule has 1 atom stereocenters. The highest BCUT2D eigenvalue weighted by Gasteiger charge is 2.20. The molecule has 2 N–H and O–H groups in total. The molecular weight excluding hydrogens is 298 g/mol. The van der Waals surface area contributed by atoms with Gasteiger partial charge in [0.1, 0.15) is 12.6 Å².